The van der Waals surface area contributed by atoms with Crippen molar-refractivity contribution in [2.24, 2.45) is 0 Å². The first kappa shape index (κ1) is 19.9. The Labute approximate surface area is 156 Å². The molecule has 2 rings (SSSR count). The minimum atomic E-state index is -1.47. The summed E-state index contributed by atoms with van der Waals surface area (Å²) in [6.45, 7) is 22.7. The van der Waals surface area contributed by atoms with Crippen molar-refractivity contribution in [2.75, 3.05) is 0 Å². The Kier molecular flexibility index (Phi) is 5.01. The van der Waals surface area contributed by atoms with Gasteiger partial charge >= 0.3 is 0 Å². The minimum absolute atomic E-state index is 0.709. The van der Waals surface area contributed by atoms with Gasteiger partial charge in [-0.05, 0) is 21.1 Å². The fraction of sp³-hybridized carbons (Fsp3) is 0.667. The Bertz CT molecular complexity index is 529. The summed E-state index contributed by atoms with van der Waals surface area (Å²) < 4.78 is 0.709. The van der Waals surface area contributed by atoms with Crippen LogP contribution in [0.3, 0.4) is 0 Å². The molecule has 1 saturated heterocycles. The van der Waals surface area contributed by atoms with Crippen LogP contribution in [0, 0.1) is 0 Å². The van der Waals surface area contributed by atoms with Crippen molar-refractivity contribution in [3.8, 4) is 0 Å². The second-order valence-electron chi connectivity index (χ2n) is 10.5. The highest BCUT2D eigenvalue weighted by molar-refractivity contribution is 9.26. The Morgan fingerprint density at radius 2 is 1.22 bits per heavy atom. The van der Waals surface area contributed by atoms with Gasteiger partial charge in [-0.3, -0.25) is 0 Å². The third-order valence-corrected chi connectivity index (χ3v) is 48.2. The SMILES string of the molecule is C[Si](C)(C)C([Si](C)(C)C)([Si](C)(C)C)[Si]1(Br)CC1c1ccccc1. The van der Waals surface area contributed by atoms with Gasteiger partial charge in [-0.1, -0.05) is 89.3 Å². The third kappa shape index (κ3) is 2.88. The Morgan fingerprint density at radius 3 is 1.57 bits per heavy atom. The molecule has 1 aliphatic heterocycles. The van der Waals surface area contributed by atoms with Crippen molar-refractivity contribution in [1.29, 1.82) is 0 Å². The first-order valence-corrected chi connectivity index (χ1v) is 24.0. The van der Waals surface area contributed by atoms with E-state index in [1.807, 2.05) is 0 Å². The normalized spacial score (nSPS) is 26.3. The van der Waals surface area contributed by atoms with E-state index in [0.29, 0.717) is 3.91 Å². The highest BCUT2D eigenvalue weighted by Crippen LogP contribution is 2.74. The molecule has 2 atom stereocenters. The van der Waals surface area contributed by atoms with Gasteiger partial charge in [0.15, 0.2) is 0 Å². The zero-order valence-corrected chi connectivity index (χ0v) is 22.1. The van der Waals surface area contributed by atoms with E-state index in [9.17, 15) is 0 Å². The average Bonchev–Trinajstić information content (AvgIpc) is 2.97. The van der Waals surface area contributed by atoms with E-state index in [1.165, 1.54) is 6.04 Å². The summed E-state index contributed by atoms with van der Waals surface area (Å²) in [6, 6.07) is 12.8. The van der Waals surface area contributed by atoms with Crippen LogP contribution in [0.15, 0.2) is 30.3 Å². The molecule has 0 spiro atoms. The van der Waals surface area contributed by atoms with Crippen molar-refractivity contribution >= 4 is 46.2 Å². The Balaban J connectivity index is 2.66. The van der Waals surface area contributed by atoms with Gasteiger partial charge in [-0.2, -0.15) is 0 Å². The zero-order chi connectivity index (χ0) is 17.9. The lowest BCUT2D eigenvalue weighted by molar-refractivity contribution is 1.18. The molecule has 130 valence electrons. The lowest BCUT2D eigenvalue weighted by Gasteiger charge is -2.62. The molecular formula is C18H35BrSi4. The number of hydrogen-bond donors (Lipinski definition) is 0. The van der Waals surface area contributed by atoms with E-state index in [1.54, 1.807) is 5.56 Å². The maximum atomic E-state index is 4.57. The maximum Gasteiger partial charge on any atom is 0.136 e. The molecule has 0 saturated carbocycles. The molecule has 23 heavy (non-hydrogen) atoms. The van der Waals surface area contributed by atoms with Gasteiger partial charge in [0.1, 0.15) is 6.69 Å². The summed E-state index contributed by atoms with van der Waals surface area (Å²) >= 11 is 4.57. The molecule has 5 heteroatoms. The van der Waals surface area contributed by atoms with Gasteiger partial charge in [0.25, 0.3) is 0 Å². The van der Waals surface area contributed by atoms with E-state index in [-0.39, 0.29) is 0 Å². The van der Waals surface area contributed by atoms with Crippen molar-refractivity contribution in [2.45, 2.75) is 74.4 Å². The smallest absolute Gasteiger partial charge is 0.126 e. The lowest BCUT2D eigenvalue weighted by atomic mass is 10.2. The second-order valence-corrected chi connectivity index (χ2v) is 37.1. The van der Waals surface area contributed by atoms with Crippen LogP contribution in [0.5, 0.6) is 0 Å². The number of benzene rings is 1. The van der Waals surface area contributed by atoms with Gasteiger partial charge < -0.3 is 0 Å². The van der Waals surface area contributed by atoms with Crippen molar-refractivity contribution in [3.63, 3.8) is 0 Å². The third-order valence-electron chi connectivity index (χ3n) is 6.09. The lowest BCUT2D eigenvalue weighted by Crippen LogP contribution is -2.72. The van der Waals surface area contributed by atoms with Crippen molar-refractivity contribution in [1.82, 2.24) is 0 Å². The number of halogens is 1. The monoisotopic (exact) mass is 442 g/mol. The molecule has 1 aromatic rings. The zero-order valence-electron chi connectivity index (χ0n) is 16.5. The molecule has 2 unspecified atom stereocenters. The summed E-state index contributed by atoms with van der Waals surface area (Å²) in [5.74, 6) is 0. The molecule has 1 aliphatic rings. The quantitative estimate of drug-likeness (QED) is 0.338. The van der Waals surface area contributed by atoms with E-state index in [0.717, 1.165) is 5.54 Å². The largest absolute Gasteiger partial charge is 0.136 e. The van der Waals surface area contributed by atoms with Crippen LogP contribution < -0.4 is 0 Å². The molecule has 0 bridgehead atoms. The van der Waals surface area contributed by atoms with Crippen LogP contribution in [-0.4, -0.2) is 30.9 Å². The molecular weight excluding hydrogens is 408 g/mol. The molecule has 1 aromatic carbocycles. The standard InChI is InChI=1S/C18H35BrSi4/c1-20(2,3)18(21(4,5)6,22(7,8)9)23(19)15-17(23)16-13-11-10-12-14-16/h10-14,17H,15H2,1-9H3. The van der Waals surface area contributed by atoms with Crippen LogP contribution in [0.25, 0.3) is 0 Å². The van der Waals surface area contributed by atoms with E-state index < -0.39 is 30.9 Å². The van der Waals surface area contributed by atoms with E-state index in [2.05, 4.69) is 105 Å². The molecule has 0 aliphatic carbocycles. The van der Waals surface area contributed by atoms with Gasteiger partial charge in [-0.25, -0.2) is 0 Å². The molecule has 1 heterocycles. The van der Waals surface area contributed by atoms with E-state index >= 15 is 0 Å². The summed E-state index contributed by atoms with van der Waals surface area (Å²) in [7, 11) is -3.95. The average molecular weight is 444 g/mol. The van der Waals surface area contributed by atoms with Crippen molar-refractivity contribution in [3.05, 3.63) is 35.9 Å². The fourth-order valence-corrected chi connectivity index (χ4v) is 73.0. The number of hydrogen-bond acceptors (Lipinski definition) is 0. The summed E-state index contributed by atoms with van der Waals surface area (Å²) in [6.07, 6.45) is 0. The molecule has 0 aromatic heterocycles. The summed E-state index contributed by atoms with van der Waals surface area (Å²) in [4.78, 5) is 0. The van der Waals surface area contributed by atoms with Gasteiger partial charge in [0.2, 0.25) is 0 Å². The Hall–Kier alpha value is 0.568. The van der Waals surface area contributed by atoms with Crippen LogP contribution in [0.2, 0.25) is 68.9 Å². The molecule has 0 N–H and O–H groups in total. The van der Waals surface area contributed by atoms with Crippen LogP contribution >= 0.6 is 15.3 Å². The second kappa shape index (κ2) is 5.79. The fourth-order valence-electron chi connectivity index (χ4n) is 6.97. The van der Waals surface area contributed by atoms with Crippen LogP contribution in [0.4, 0.5) is 0 Å². The maximum absolute atomic E-state index is 4.57. The molecule has 1 fully saturated rings. The molecule has 0 nitrogen and oxygen atoms in total. The van der Waals surface area contributed by atoms with Gasteiger partial charge in [0.05, 0.1) is 0 Å². The van der Waals surface area contributed by atoms with Crippen LogP contribution in [-0.2, 0) is 0 Å². The van der Waals surface area contributed by atoms with E-state index in [4.69, 9.17) is 0 Å². The highest BCUT2D eigenvalue weighted by Gasteiger charge is 2.78. The predicted molar refractivity (Wildman–Crippen MR) is 121 cm³/mol. The predicted octanol–water partition coefficient (Wildman–Crippen LogP) is 7.04. The molecule has 0 amide bonds. The topological polar surface area (TPSA) is 0 Å². The van der Waals surface area contributed by atoms with Gasteiger partial charge in [0, 0.05) is 24.2 Å². The number of rotatable bonds is 5. The van der Waals surface area contributed by atoms with Crippen LogP contribution in [0.1, 0.15) is 11.1 Å². The first-order valence-electron chi connectivity index (χ1n) is 8.94. The van der Waals surface area contributed by atoms with Crippen molar-refractivity contribution < 1.29 is 0 Å². The summed E-state index contributed by atoms with van der Waals surface area (Å²) in [5, 5.41) is 0. The first-order chi connectivity index (χ1) is 10.2. The Morgan fingerprint density at radius 1 is 0.826 bits per heavy atom. The molecule has 0 radical (unpaired) electrons. The summed E-state index contributed by atoms with van der Waals surface area (Å²) in [5.41, 5.74) is 2.45. The highest BCUT2D eigenvalue weighted by atomic mass is 79.9. The van der Waals surface area contributed by atoms with Gasteiger partial charge in [-0.15, -0.1) is 15.3 Å². The minimum Gasteiger partial charge on any atom is -0.126 e.